The number of carbonyl (C=O) groups excluding carboxylic acids is 2. The van der Waals surface area contributed by atoms with Crippen molar-refractivity contribution in [1.82, 2.24) is 5.32 Å². The Hall–Kier alpha value is -2.62. The molecule has 1 aliphatic heterocycles. The van der Waals surface area contributed by atoms with Crippen molar-refractivity contribution in [3.05, 3.63) is 64.7 Å². The van der Waals surface area contributed by atoms with Gasteiger partial charge in [-0.25, -0.2) is 0 Å². The molecule has 2 aromatic rings. The summed E-state index contributed by atoms with van der Waals surface area (Å²) in [6.45, 7) is 6.54. The molecule has 1 saturated heterocycles. The van der Waals surface area contributed by atoms with E-state index in [-0.39, 0.29) is 17.9 Å². The van der Waals surface area contributed by atoms with Gasteiger partial charge in [-0.15, -0.1) is 0 Å². The second-order valence-corrected chi connectivity index (χ2v) is 6.51. The number of aryl methyl sites for hydroxylation is 3. The van der Waals surface area contributed by atoms with E-state index in [1.165, 1.54) is 0 Å². The van der Waals surface area contributed by atoms with Crippen LogP contribution in [0.1, 0.15) is 33.5 Å². The van der Waals surface area contributed by atoms with Crippen LogP contribution in [0.2, 0.25) is 0 Å². The van der Waals surface area contributed by atoms with Crippen LogP contribution >= 0.6 is 0 Å². The van der Waals surface area contributed by atoms with E-state index in [1.807, 2.05) is 63.2 Å². The number of hydrogen-bond donors (Lipinski definition) is 1. The van der Waals surface area contributed by atoms with Gasteiger partial charge in [-0.3, -0.25) is 9.59 Å². The molecule has 3 rings (SSSR count). The van der Waals surface area contributed by atoms with Crippen LogP contribution in [0.5, 0.6) is 0 Å². The summed E-state index contributed by atoms with van der Waals surface area (Å²) in [6.07, 6.45) is 0.338. The molecule has 2 aromatic carbocycles. The Bertz CT molecular complexity index is 781. The SMILES string of the molecule is Cc1ccc(N2C[C@H](NC(=O)c3ccc(C)c(C)c3)CC2=O)cc1. The fourth-order valence-electron chi connectivity index (χ4n) is 2.93. The summed E-state index contributed by atoms with van der Waals surface area (Å²) in [6, 6.07) is 13.4. The molecule has 2 amide bonds. The minimum Gasteiger partial charge on any atom is -0.347 e. The highest BCUT2D eigenvalue weighted by atomic mass is 16.2. The molecule has 24 heavy (non-hydrogen) atoms. The first-order valence-corrected chi connectivity index (χ1v) is 8.19. The van der Waals surface area contributed by atoms with E-state index < -0.39 is 0 Å². The lowest BCUT2D eigenvalue weighted by molar-refractivity contribution is -0.117. The van der Waals surface area contributed by atoms with Gasteiger partial charge in [-0.2, -0.15) is 0 Å². The number of amides is 2. The minimum absolute atomic E-state index is 0.0456. The van der Waals surface area contributed by atoms with Crippen LogP contribution in [-0.4, -0.2) is 24.4 Å². The average molecular weight is 322 g/mol. The lowest BCUT2D eigenvalue weighted by Crippen LogP contribution is -2.37. The van der Waals surface area contributed by atoms with Crippen LogP contribution < -0.4 is 10.2 Å². The molecule has 0 bridgehead atoms. The van der Waals surface area contributed by atoms with Gasteiger partial charge in [0.25, 0.3) is 5.91 Å². The van der Waals surface area contributed by atoms with E-state index in [0.717, 1.165) is 22.4 Å². The van der Waals surface area contributed by atoms with Gasteiger partial charge in [0.2, 0.25) is 5.91 Å². The summed E-state index contributed by atoms with van der Waals surface area (Å²) in [7, 11) is 0. The number of hydrogen-bond acceptors (Lipinski definition) is 2. The second kappa shape index (κ2) is 6.48. The largest absolute Gasteiger partial charge is 0.347 e. The molecular weight excluding hydrogens is 300 g/mol. The molecule has 4 nitrogen and oxygen atoms in total. The Kier molecular flexibility index (Phi) is 4.38. The first-order chi connectivity index (χ1) is 11.4. The molecular formula is C20H22N2O2. The van der Waals surface area contributed by atoms with Gasteiger partial charge < -0.3 is 10.2 Å². The maximum absolute atomic E-state index is 12.4. The summed E-state index contributed by atoms with van der Waals surface area (Å²) in [5, 5.41) is 2.98. The van der Waals surface area contributed by atoms with Crippen LogP contribution in [0.25, 0.3) is 0 Å². The fraction of sp³-hybridized carbons (Fsp3) is 0.300. The maximum Gasteiger partial charge on any atom is 0.251 e. The third-order valence-corrected chi connectivity index (χ3v) is 4.57. The Labute approximate surface area is 142 Å². The molecule has 0 aromatic heterocycles. The number of benzene rings is 2. The maximum atomic E-state index is 12.4. The van der Waals surface area contributed by atoms with Crippen molar-refractivity contribution >= 4 is 17.5 Å². The first-order valence-electron chi connectivity index (χ1n) is 8.19. The molecule has 0 spiro atoms. The quantitative estimate of drug-likeness (QED) is 0.944. The molecule has 1 N–H and O–H groups in total. The normalized spacial score (nSPS) is 17.2. The summed E-state index contributed by atoms with van der Waals surface area (Å²) in [5.41, 5.74) is 4.93. The van der Waals surface area contributed by atoms with Crippen LogP contribution in [0.4, 0.5) is 5.69 Å². The molecule has 1 heterocycles. The highest BCUT2D eigenvalue weighted by molar-refractivity contribution is 5.99. The smallest absolute Gasteiger partial charge is 0.251 e. The van der Waals surface area contributed by atoms with E-state index in [0.29, 0.717) is 18.5 Å². The zero-order chi connectivity index (χ0) is 17.3. The van der Waals surface area contributed by atoms with E-state index in [9.17, 15) is 9.59 Å². The van der Waals surface area contributed by atoms with Gasteiger partial charge in [0.05, 0.1) is 6.04 Å². The standard InChI is InChI=1S/C20H22N2O2/c1-13-4-8-18(9-5-13)22-12-17(11-19(22)23)21-20(24)16-7-6-14(2)15(3)10-16/h4-10,17H,11-12H2,1-3H3,(H,21,24)/t17-/m1/s1. The molecule has 1 fully saturated rings. The third-order valence-electron chi connectivity index (χ3n) is 4.57. The van der Waals surface area contributed by atoms with Crippen LogP contribution in [0.15, 0.2) is 42.5 Å². The van der Waals surface area contributed by atoms with Crippen LogP contribution in [0.3, 0.4) is 0 Å². The third kappa shape index (κ3) is 3.32. The fourth-order valence-corrected chi connectivity index (χ4v) is 2.93. The number of nitrogens with one attached hydrogen (secondary N) is 1. The Morgan fingerprint density at radius 2 is 1.75 bits per heavy atom. The van der Waals surface area contributed by atoms with Crippen molar-refractivity contribution in [2.75, 3.05) is 11.4 Å². The van der Waals surface area contributed by atoms with E-state index >= 15 is 0 Å². The lowest BCUT2D eigenvalue weighted by Gasteiger charge is -2.17. The van der Waals surface area contributed by atoms with Crippen molar-refractivity contribution in [1.29, 1.82) is 0 Å². The van der Waals surface area contributed by atoms with Gasteiger partial charge in [-0.1, -0.05) is 23.8 Å². The zero-order valence-electron chi connectivity index (χ0n) is 14.3. The molecule has 4 heteroatoms. The lowest BCUT2D eigenvalue weighted by atomic mass is 10.1. The Morgan fingerprint density at radius 3 is 2.42 bits per heavy atom. The summed E-state index contributed by atoms with van der Waals surface area (Å²) in [5.74, 6) is -0.0779. The number of nitrogens with zero attached hydrogens (tertiary/aromatic N) is 1. The molecule has 124 valence electrons. The number of rotatable bonds is 3. The predicted molar refractivity (Wildman–Crippen MR) is 95.3 cm³/mol. The van der Waals surface area contributed by atoms with Crippen molar-refractivity contribution in [2.45, 2.75) is 33.2 Å². The molecule has 0 unspecified atom stereocenters. The van der Waals surface area contributed by atoms with E-state index in [2.05, 4.69) is 5.32 Å². The van der Waals surface area contributed by atoms with Gasteiger partial charge >= 0.3 is 0 Å². The number of anilines is 1. The van der Waals surface area contributed by atoms with E-state index in [1.54, 1.807) is 4.90 Å². The van der Waals surface area contributed by atoms with Crippen molar-refractivity contribution in [3.8, 4) is 0 Å². The van der Waals surface area contributed by atoms with Gasteiger partial charge in [0.1, 0.15) is 0 Å². The van der Waals surface area contributed by atoms with Gasteiger partial charge in [0, 0.05) is 24.2 Å². The predicted octanol–water partition coefficient (Wildman–Crippen LogP) is 3.15. The Balaban J connectivity index is 1.68. The van der Waals surface area contributed by atoms with Gasteiger partial charge in [0.15, 0.2) is 0 Å². The van der Waals surface area contributed by atoms with Crippen molar-refractivity contribution < 1.29 is 9.59 Å². The minimum atomic E-state index is -0.159. The van der Waals surface area contributed by atoms with E-state index in [4.69, 9.17) is 0 Å². The Morgan fingerprint density at radius 1 is 1.04 bits per heavy atom. The summed E-state index contributed by atoms with van der Waals surface area (Å²) >= 11 is 0. The van der Waals surface area contributed by atoms with Crippen molar-refractivity contribution in [2.24, 2.45) is 0 Å². The average Bonchev–Trinajstić information content (AvgIpc) is 2.91. The van der Waals surface area contributed by atoms with Gasteiger partial charge in [-0.05, 0) is 56.2 Å². The van der Waals surface area contributed by atoms with Crippen LogP contribution in [-0.2, 0) is 4.79 Å². The second-order valence-electron chi connectivity index (χ2n) is 6.51. The number of carbonyl (C=O) groups is 2. The molecule has 1 aliphatic rings. The first kappa shape index (κ1) is 16.2. The monoisotopic (exact) mass is 322 g/mol. The summed E-state index contributed by atoms with van der Waals surface area (Å²) < 4.78 is 0. The zero-order valence-corrected chi connectivity index (χ0v) is 14.3. The molecule has 0 radical (unpaired) electrons. The summed E-state index contributed by atoms with van der Waals surface area (Å²) in [4.78, 5) is 26.4. The van der Waals surface area contributed by atoms with Crippen LogP contribution in [0, 0.1) is 20.8 Å². The molecule has 0 aliphatic carbocycles. The molecule has 0 saturated carbocycles. The highest BCUT2D eigenvalue weighted by Gasteiger charge is 2.31. The topological polar surface area (TPSA) is 49.4 Å². The molecule has 1 atom stereocenters. The highest BCUT2D eigenvalue weighted by Crippen LogP contribution is 2.22. The van der Waals surface area contributed by atoms with Crippen molar-refractivity contribution in [3.63, 3.8) is 0 Å².